The van der Waals surface area contributed by atoms with E-state index in [4.69, 9.17) is 0 Å². The second-order valence-corrected chi connectivity index (χ2v) is 5.37. The topological polar surface area (TPSA) is 63.5 Å². The molecular weight excluding hydrogens is 244 g/mol. The molecule has 100 valence electrons. The Labute approximate surface area is 111 Å². The maximum absolute atomic E-state index is 11.7. The number of nitrogens with zero attached hydrogens (tertiary/aromatic N) is 2. The number of non-ortho nitro benzene ring substituents is 1. The van der Waals surface area contributed by atoms with E-state index >= 15 is 0 Å². The lowest BCUT2D eigenvalue weighted by molar-refractivity contribution is -0.384. The first-order chi connectivity index (χ1) is 9.15. The summed E-state index contributed by atoms with van der Waals surface area (Å²) in [6, 6.07) is 7.22. The fourth-order valence-corrected chi connectivity index (χ4v) is 3.36. The van der Waals surface area contributed by atoms with Crippen molar-refractivity contribution in [2.45, 2.75) is 44.2 Å². The van der Waals surface area contributed by atoms with Crippen molar-refractivity contribution in [2.75, 3.05) is 4.90 Å². The number of Topliss-reactive ketones (excluding diaryl/α,β-unsaturated/α-hetero) is 1. The molecule has 3 rings (SSSR count). The van der Waals surface area contributed by atoms with Crippen LogP contribution in [0.15, 0.2) is 24.3 Å². The number of anilines is 1. The van der Waals surface area contributed by atoms with Crippen molar-refractivity contribution < 1.29 is 9.72 Å². The number of nitro benzene ring substituents is 1. The summed E-state index contributed by atoms with van der Waals surface area (Å²) in [6.45, 7) is 0. The first-order valence-electron chi connectivity index (χ1n) is 6.69. The summed E-state index contributed by atoms with van der Waals surface area (Å²) >= 11 is 0. The molecule has 5 heteroatoms. The van der Waals surface area contributed by atoms with Crippen molar-refractivity contribution in [1.82, 2.24) is 0 Å². The Morgan fingerprint density at radius 2 is 1.89 bits per heavy atom. The van der Waals surface area contributed by atoms with Crippen molar-refractivity contribution in [3.05, 3.63) is 34.4 Å². The monoisotopic (exact) mass is 260 g/mol. The van der Waals surface area contributed by atoms with Gasteiger partial charge in [0, 0.05) is 42.7 Å². The summed E-state index contributed by atoms with van der Waals surface area (Å²) < 4.78 is 0. The molecule has 2 saturated heterocycles. The summed E-state index contributed by atoms with van der Waals surface area (Å²) in [6.07, 6.45) is 4.32. The van der Waals surface area contributed by atoms with Crippen LogP contribution in [-0.2, 0) is 4.79 Å². The van der Waals surface area contributed by atoms with Gasteiger partial charge in [0.1, 0.15) is 5.78 Å². The summed E-state index contributed by atoms with van der Waals surface area (Å²) in [5, 5.41) is 10.9. The molecule has 2 bridgehead atoms. The Bertz CT molecular complexity index is 513. The van der Waals surface area contributed by atoms with Crippen LogP contribution in [0.4, 0.5) is 11.4 Å². The number of nitro groups is 1. The smallest absolute Gasteiger partial charge is 0.271 e. The van der Waals surface area contributed by atoms with E-state index < -0.39 is 0 Å². The lowest BCUT2D eigenvalue weighted by Crippen LogP contribution is -2.52. The highest BCUT2D eigenvalue weighted by molar-refractivity contribution is 5.82. The standard InChI is InChI=1S/C14H16N2O3/c17-14-8-11-4-1-5-12(9-14)15(11)10-3-2-6-13(7-10)16(18)19/h2-3,6-7,11-12H,1,4-5,8-9H2. The largest absolute Gasteiger partial charge is 0.364 e. The molecule has 0 aromatic heterocycles. The Balaban J connectivity index is 1.94. The lowest BCUT2D eigenvalue weighted by atomic mass is 9.83. The third-order valence-electron chi connectivity index (χ3n) is 4.13. The van der Waals surface area contributed by atoms with Gasteiger partial charge in [-0.3, -0.25) is 14.9 Å². The predicted molar refractivity (Wildman–Crippen MR) is 71.2 cm³/mol. The number of benzene rings is 1. The van der Waals surface area contributed by atoms with E-state index in [1.807, 2.05) is 6.07 Å². The van der Waals surface area contributed by atoms with Crippen LogP contribution in [0.2, 0.25) is 0 Å². The number of hydrogen-bond acceptors (Lipinski definition) is 4. The molecule has 2 fully saturated rings. The molecule has 1 aromatic carbocycles. The van der Waals surface area contributed by atoms with E-state index in [1.54, 1.807) is 12.1 Å². The van der Waals surface area contributed by atoms with Crippen molar-refractivity contribution in [1.29, 1.82) is 0 Å². The molecule has 1 aromatic rings. The Morgan fingerprint density at radius 3 is 2.53 bits per heavy atom. The lowest BCUT2D eigenvalue weighted by Gasteiger charge is -2.47. The molecule has 0 aliphatic carbocycles. The molecule has 19 heavy (non-hydrogen) atoms. The highest BCUT2D eigenvalue weighted by atomic mass is 16.6. The van der Waals surface area contributed by atoms with Crippen LogP contribution in [0, 0.1) is 10.1 Å². The zero-order valence-electron chi connectivity index (χ0n) is 10.6. The molecule has 0 N–H and O–H groups in total. The minimum Gasteiger partial charge on any atom is -0.364 e. The van der Waals surface area contributed by atoms with Gasteiger partial charge >= 0.3 is 0 Å². The van der Waals surface area contributed by atoms with Gasteiger partial charge in [0.05, 0.1) is 4.92 Å². The van der Waals surface area contributed by atoms with Crippen LogP contribution in [0.1, 0.15) is 32.1 Å². The van der Waals surface area contributed by atoms with Crippen LogP contribution < -0.4 is 4.90 Å². The minimum atomic E-state index is -0.367. The molecule has 2 heterocycles. The van der Waals surface area contributed by atoms with Crippen LogP contribution in [0.5, 0.6) is 0 Å². The summed E-state index contributed by atoms with van der Waals surface area (Å²) in [4.78, 5) is 24.4. The predicted octanol–water partition coefficient (Wildman–Crippen LogP) is 2.69. The normalized spacial score (nSPS) is 26.3. The molecule has 2 unspecified atom stereocenters. The molecule has 2 aliphatic heterocycles. The fraction of sp³-hybridized carbons (Fsp3) is 0.500. The van der Waals surface area contributed by atoms with Gasteiger partial charge in [-0.25, -0.2) is 0 Å². The molecule has 2 aliphatic rings. The first-order valence-corrected chi connectivity index (χ1v) is 6.69. The van der Waals surface area contributed by atoms with Crippen LogP contribution >= 0.6 is 0 Å². The highest BCUT2D eigenvalue weighted by Crippen LogP contribution is 2.37. The number of ketones is 1. The number of fused-ring (bicyclic) bond motifs is 2. The number of rotatable bonds is 2. The van der Waals surface area contributed by atoms with E-state index in [1.165, 1.54) is 6.07 Å². The molecule has 0 radical (unpaired) electrons. The molecule has 0 spiro atoms. The first kappa shape index (κ1) is 12.1. The van der Waals surface area contributed by atoms with Crippen LogP contribution in [-0.4, -0.2) is 22.8 Å². The van der Waals surface area contributed by atoms with Crippen molar-refractivity contribution >= 4 is 17.2 Å². The molecule has 0 amide bonds. The van der Waals surface area contributed by atoms with E-state index in [0.29, 0.717) is 18.6 Å². The number of piperidine rings is 2. The van der Waals surface area contributed by atoms with Gasteiger partial charge in [-0.05, 0) is 25.3 Å². The number of hydrogen-bond donors (Lipinski definition) is 0. The van der Waals surface area contributed by atoms with Gasteiger partial charge in [-0.15, -0.1) is 0 Å². The van der Waals surface area contributed by atoms with Crippen molar-refractivity contribution in [2.24, 2.45) is 0 Å². The van der Waals surface area contributed by atoms with E-state index in [0.717, 1.165) is 24.9 Å². The Morgan fingerprint density at radius 1 is 1.21 bits per heavy atom. The van der Waals surface area contributed by atoms with E-state index in [2.05, 4.69) is 4.90 Å². The third kappa shape index (κ3) is 2.20. The highest BCUT2D eigenvalue weighted by Gasteiger charge is 2.37. The van der Waals surface area contributed by atoms with Gasteiger partial charge in [0.15, 0.2) is 0 Å². The molecule has 5 nitrogen and oxygen atoms in total. The van der Waals surface area contributed by atoms with Crippen molar-refractivity contribution in [3.63, 3.8) is 0 Å². The zero-order valence-corrected chi connectivity index (χ0v) is 10.6. The molecular formula is C14H16N2O3. The van der Waals surface area contributed by atoms with E-state index in [-0.39, 0.29) is 22.7 Å². The fourth-order valence-electron chi connectivity index (χ4n) is 3.36. The zero-order chi connectivity index (χ0) is 13.4. The van der Waals surface area contributed by atoms with Gasteiger partial charge in [0.25, 0.3) is 5.69 Å². The van der Waals surface area contributed by atoms with Gasteiger partial charge in [-0.1, -0.05) is 6.07 Å². The number of carbonyl (C=O) groups is 1. The van der Waals surface area contributed by atoms with E-state index in [9.17, 15) is 14.9 Å². The Hall–Kier alpha value is -1.91. The average molecular weight is 260 g/mol. The molecule has 0 saturated carbocycles. The number of carbonyl (C=O) groups excluding carboxylic acids is 1. The Kier molecular flexibility index (Phi) is 2.97. The average Bonchev–Trinajstić information content (AvgIpc) is 2.37. The quantitative estimate of drug-likeness (QED) is 0.605. The van der Waals surface area contributed by atoms with Crippen LogP contribution in [0.25, 0.3) is 0 Å². The maximum atomic E-state index is 11.7. The SMILES string of the molecule is O=C1CC2CCCC(C1)N2c1cccc([N+](=O)[O-])c1. The summed E-state index contributed by atoms with van der Waals surface area (Å²) in [5.74, 6) is 0.330. The third-order valence-corrected chi connectivity index (χ3v) is 4.13. The van der Waals surface area contributed by atoms with Gasteiger partial charge in [0.2, 0.25) is 0 Å². The molecule has 2 atom stereocenters. The second-order valence-electron chi connectivity index (χ2n) is 5.37. The van der Waals surface area contributed by atoms with Crippen LogP contribution in [0.3, 0.4) is 0 Å². The van der Waals surface area contributed by atoms with Gasteiger partial charge in [-0.2, -0.15) is 0 Å². The summed E-state index contributed by atoms with van der Waals surface area (Å²) in [7, 11) is 0. The second kappa shape index (κ2) is 4.64. The summed E-state index contributed by atoms with van der Waals surface area (Å²) in [5.41, 5.74) is 1.00. The van der Waals surface area contributed by atoms with Crippen molar-refractivity contribution in [3.8, 4) is 0 Å². The van der Waals surface area contributed by atoms with Gasteiger partial charge < -0.3 is 4.90 Å². The minimum absolute atomic E-state index is 0.118. The maximum Gasteiger partial charge on any atom is 0.271 e.